The molecule has 0 N–H and O–H groups in total. The molecule has 2 aliphatic rings. The number of piperazine rings is 1. The van der Waals surface area contributed by atoms with Gasteiger partial charge in [-0.3, -0.25) is 19.5 Å². The maximum atomic E-state index is 12.7. The molecule has 0 saturated carbocycles. The first-order valence-corrected chi connectivity index (χ1v) is 8.74. The number of nitrogens with zero attached hydrogens (tertiary/aromatic N) is 4. The molecule has 0 bridgehead atoms. The molecule has 2 saturated heterocycles. The molecule has 0 spiro atoms. The van der Waals surface area contributed by atoms with E-state index in [1.807, 2.05) is 48.2 Å². The lowest BCUT2D eigenvalue weighted by atomic mass is 10.1. The van der Waals surface area contributed by atoms with Crippen LogP contribution >= 0.6 is 0 Å². The van der Waals surface area contributed by atoms with Crippen molar-refractivity contribution in [2.24, 2.45) is 5.92 Å². The zero-order valence-corrected chi connectivity index (χ0v) is 14.5. The molecule has 130 valence electrons. The summed E-state index contributed by atoms with van der Waals surface area (Å²) in [7, 11) is 0. The topological polar surface area (TPSA) is 56.8 Å². The lowest BCUT2D eigenvalue weighted by Gasteiger charge is -2.36. The molecule has 3 heterocycles. The molecule has 0 aliphatic carbocycles. The molecule has 2 amide bonds. The van der Waals surface area contributed by atoms with E-state index in [2.05, 4.69) is 9.88 Å². The number of hydrogen-bond donors (Lipinski definition) is 0. The lowest BCUT2D eigenvalue weighted by molar-refractivity contribution is -0.137. The molecular weight excluding hydrogens is 304 g/mol. The molecule has 3 rings (SSSR count). The van der Waals surface area contributed by atoms with Crippen LogP contribution < -0.4 is 0 Å². The SMILES string of the molecule is CC(C)N1CC(C(=O)N2CCN(Cc3ccncc3)CC2)CC1=O. The molecule has 24 heavy (non-hydrogen) atoms. The molecule has 2 fully saturated rings. The molecule has 0 radical (unpaired) electrons. The first-order valence-electron chi connectivity index (χ1n) is 8.74. The predicted octanol–water partition coefficient (Wildman–Crippen LogP) is 0.983. The fourth-order valence-corrected chi connectivity index (χ4v) is 3.53. The summed E-state index contributed by atoms with van der Waals surface area (Å²) >= 11 is 0. The number of carbonyl (C=O) groups excluding carboxylic acids is 2. The summed E-state index contributed by atoms with van der Waals surface area (Å²) in [6.45, 7) is 8.73. The Hall–Kier alpha value is -1.95. The highest BCUT2D eigenvalue weighted by molar-refractivity contribution is 5.89. The van der Waals surface area contributed by atoms with Gasteiger partial charge in [0.1, 0.15) is 0 Å². The average molecular weight is 330 g/mol. The third-order valence-corrected chi connectivity index (χ3v) is 4.97. The third-order valence-electron chi connectivity index (χ3n) is 4.97. The van der Waals surface area contributed by atoms with Crippen LogP contribution in [0.25, 0.3) is 0 Å². The summed E-state index contributed by atoms with van der Waals surface area (Å²) in [6.07, 6.45) is 3.99. The van der Waals surface area contributed by atoms with E-state index < -0.39 is 0 Å². The van der Waals surface area contributed by atoms with Gasteiger partial charge in [-0.25, -0.2) is 0 Å². The van der Waals surface area contributed by atoms with Crippen molar-refractivity contribution in [1.82, 2.24) is 19.7 Å². The van der Waals surface area contributed by atoms with Crippen LogP contribution in [0.1, 0.15) is 25.8 Å². The van der Waals surface area contributed by atoms with Crippen molar-refractivity contribution in [3.8, 4) is 0 Å². The van der Waals surface area contributed by atoms with E-state index in [0.29, 0.717) is 13.0 Å². The van der Waals surface area contributed by atoms with Crippen molar-refractivity contribution in [1.29, 1.82) is 0 Å². The predicted molar refractivity (Wildman–Crippen MR) is 91.1 cm³/mol. The maximum absolute atomic E-state index is 12.7. The first kappa shape index (κ1) is 16.9. The minimum Gasteiger partial charge on any atom is -0.340 e. The van der Waals surface area contributed by atoms with Gasteiger partial charge in [-0.1, -0.05) is 0 Å². The van der Waals surface area contributed by atoms with Crippen molar-refractivity contribution >= 4 is 11.8 Å². The van der Waals surface area contributed by atoms with Crippen molar-refractivity contribution < 1.29 is 9.59 Å². The highest BCUT2D eigenvalue weighted by Crippen LogP contribution is 2.23. The summed E-state index contributed by atoms with van der Waals surface area (Å²) in [5.74, 6) is 0.0985. The number of hydrogen-bond acceptors (Lipinski definition) is 4. The molecular formula is C18H26N4O2. The maximum Gasteiger partial charge on any atom is 0.228 e. The van der Waals surface area contributed by atoms with Crippen LogP contribution in [0.2, 0.25) is 0 Å². The standard InChI is InChI=1S/C18H26N4O2/c1-14(2)22-13-16(11-17(22)23)18(24)21-9-7-20(8-10-21)12-15-3-5-19-6-4-15/h3-6,14,16H,7-13H2,1-2H3. The second kappa shape index (κ2) is 7.30. The van der Waals surface area contributed by atoms with Gasteiger partial charge >= 0.3 is 0 Å². The number of pyridine rings is 1. The number of aromatic nitrogens is 1. The fraction of sp³-hybridized carbons (Fsp3) is 0.611. The van der Waals surface area contributed by atoms with Gasteiger partial charge in [0.15, 0.2) is 0 Å². The fourth-order valence-electron chi connectivity index (χ4n) is 3.53. The van der Waals surface area contributed by atoms with Crippen LogP contribution in [-0.2, 0) is 16.1 Å². The van der Waals surface area contributed by atoms with Gasteiger partial charge in [0, 0.05) is 64.1 Å². The third kappa shape index (κ3) is 3.75. The van der Waals surface area contributed by atoms with Crippen molar-refractivity contribution in [2.75, 3.05) is 32.7 Å². The van der Waals surface area contributed by atoms with Gasteiger partial charge in [0.25, 0.3) is 0 Å². The van der Waals surface area contributed by atoms with Gasteiger partial charge in [0.05, 0.1) is 5.92 Å². The summed E-state index contributed by atoms with van der Waals surface area (Å²) in [5, 5.41) is 0. The van der Waals surface area contributed by atoms with Gasteiger partial charge < -0.3 is 9.80 Å². The summed E-state index contributed by atoms with van der Waals surface area (Å²) in [6, 6.07) is 4.23. The van der Waals surface area contributed by atoms with Crippen molar-refractivity contribution in [2.45, 2.75) is 32.9 Å². The van der Waals surface area contributed by atoms with E-state index in [1.54, 1.807) is 0 Å². The smallest absolute Gasteiger partial charge is 0.228 e. The zero-order valence-electron chi connectivity index (χ0n) is 14.5. The second-order valence-corrected chi connectivity index (χ2v) is 7.00. The summed E-state index contributed by atoms with van der Waals surface area (Å²) in [5.41, 5.74) is 1.25. The normalized spacial score (nSPS) is 22.5. The molecule has 1 unspecified atom stereocenters. The van der Waals surface area contributed by atoms with Gasteiger partial charge in [-0.05, 0) is 31.5 Å². The van der Waals surface area contributed by atoms with E-state index in [1.165, 1.54) is 5.56 Å². The highest BCUT2D eigenvalue weighted by atomic mass is 16.2. The van der Waals surface area contributed by atoms with E-state index in [-0.39, 0.29) is 23.8 Å². The monoisotopic (exact) mass is 330 g/mol. The number of rotatable bonds is 4. The Morgan fingerprint density at radius 1 is 1.21 bits per heavy atom. The molecule has 1 aromatic rings. The Kier molecular flexibility index (Phi) is 5.14. The van der Waals surface area contributed by atoms with Crippen LogP contribution in [0.5, 0.6) is 0 Å². The quantitative estimate of drug-likeness (QED) is 0.826. The Balaban J connectivity index is 1.50. The Labute approximate surface area is 143 Å². The molecule has 0 aromatic carbocycles. The van der Waals surface area contributed by atoms with E-state index in [4.69, 9.17) is 0 Å². The van der Waals surface area contributed by atoms with Crippen LogP contribution in [0.15, 0.2) is 24.5 Å². The average Bonchev–Trinajstić information content (AvgIpc) is 2.98. The van der Waals surface area contributed by atoms with E-state index in [9.17, 15) is 9.59 Å². The Morgan fingerprint density at radius 3 is 2.46 bits per heavy atom. The summed E-state index contributed by atoms with van der Waals surface area (Å²) in [4.78, 5) is 34.9. The van der Waals surface area contributed by atoms with Crippen molar-refractivity contribution in [3.63, 3.8) is 0 Å². The molecule has 1 aromatic heterocycles. The summed E-state index contributed by atoms with van der Waals surface area (Å²) < 4.78 is 0. The molecule has 1 atom stereocenters. The Bertz CT molecular complexity index is 582. The Morgan fingerprint density at radius 2 is 1.88 bits per heavy atom. The zero-order chi connectivity index (χ0) is 17.1. The first-order chi connectivity index (χ1) is 11.5. The van der Waals surface area contributed by atoms with Crippen LogP contribution in [0.4, 0.5) is 0 Å². The minimum atomic E-state index is -0.161. The molecule has 2 aliphatic heterocycles. The van der Waals surface area contributed by atoms with Crippen molar-refractivity contribution in [3.05, 3.63) is 30.1 Å². The van der Waals surface area contributed by atoms with Gasteiger partial charge in [-0.15, -0.1) is 0 Å². The minimum absolute atomic E-state index is 0.111. The number of carbonyl (C=O) groups is 2. The van der Waals surface area contributed by atoms with Gasteiger partial charge in [-0.2, -0.15) is 0 Å². The molecule has 6 heteroatoms. The molecule has 6 nitrogen and oxygen atoms in total. The highest BCUT2D eigenvalue weighted by Gasteiger charge is 2.38. The second-order valence-electron chi connectivity index (χ2n) is 7.00. The van der Waals surface area contributed by atoms with E-state index in [0.717, 1.165) is 32.7 Å². The van der Waals surface area contributed by atoms with Gasteiger partial charge in [0.2, 0.25) is 11.8 Å². The van der Waals surface area contributed by atoms with Crippen LogP contribution in [-0.4, -0.2) is 70.3 Å². The lowest BCUT2D eigenvalue weighted by Crippen LogP contribution is -2.50. The van der Waals surface area contributed by atoms with E-state index >= 15 is 0 Å². The largest absolute Gasteiger partial charge is 0.340 e. The van der Waals surface area contributed by atoms with Crippen LogP contribution in [0, 0.1) is 5.92 Å². The number of amides is 2. The van der Waals surface area contributed by atoms with Crippen LogP contribution in [0.3, 0.4) is 0 Å². The number of likely N-dealkylation sites (tertiary alicyclic amines) is 1.